The zero-order valence-corrected chi connectivity index (χ0v) is 20.6. The number of nitro groups is 1. The summed E-state index contributed by atoms with van der Waals surface area (Å²) in [5.41, 5.74) is 3.32. The van der Waals surface area contributed by atoms with Gasteiger partial charge in [-0.1, -0.05) is 36.4 Å². The number of hydrogen-bond donors (Lipinski definition) is 0. The van der Waals surface area contributed by atoms with Gasteiger partial charge in [-0.25, -0.2) is 0 Å². The Bertz CT molecular complexity index is 1240. The van der Waals surface area contributed by atoms with Crippen molar-refractivity contribution in [2.75, 3.05) is 62.3 Å². The molecule has 0 unspecified atom stereocenters. The van der Waals surface area contributed by atoms with Crippen LogP contribution in [0.5, 0.6) is 5.75 Å². The van der Waals surface area contributed by atoms with Crippen LogP contribution in [0.2, 0.25) is 0 Å². The van der Waals surface area contributed by atoms with Crippen LogP contribution in [0.4, 0.5) is 17.1 Å². The number of ether oxygens (including phenoxy) is 2. The zero-order valence-electron chi connectivity index (χ0n) is 20.6. The van der Waals surface area contributed by atoms with Gasteiger partial charge >= 0.3 is 0 Å². The normalized spacial score (nSPS) is 15.9. The first-order valence-corrected chi connectivity index (χ1v) is 12.5. The summed E-state index contributed by atoms with van der Waals surface area (Å²) in [6, 6.07) is 22.5. The maximum Gasteiger partial charge on any atom is 0.292 e. The molecule has 0 spiro atoms. The topological polar surface area (TPSA) is 88.4 Å². The highest BCUT2D eigenvalue weighted by Crippen LogP contribution is 2.33. The van der Waals surface area contributed by atoms with E-state index >= 15 is 0 Å². The molecule has 0 radical (unpaired) electrons. The number of piperazine rings is 1. The van der Waals surface area contributed by atoms with Gasteiger partial charge in [0.1, 0.15) is 18.0 Å². The molecular formula is C28H30N4O5. The summed E-state index contributed by atoms with van der Waals surface area (Å²) < 4.78 is 11.3. The predicted molar refractivity (Wildman–Crippen MR) is 141 cm³/mol. The lowest BCUT2D eigenvalue weighted by atomic mass is 10.1. The largest absolute Gasteiger partial charge is 0.489 e. The second kappa shape index (κ2) is 11.3. The van der Waals surface area contributed by atoms with Gasteiger partial charge in [-0.2, -0.15) is 0 Å². The van der Waals surface area contributed by atoms with Crippen LogP contribution >= 0.6 is 0 Å². The SMILES string of the molecule is O=C(c1cccc(OCc2ccccc2)c1)N1CCN(c2ccc([N+](=O)[O-])c(N3CCOCC3)c2)CC1. The van der Waals surface area contributed by atoms with E-state index in [4.69, 9.17) is 9.47 Å². The molecule has 192 valence electrons. The number of morpholine rings is 1. The van der Waals surface area contributed by atoms with E-state index in [0.29, 0.717) is 76.1 Å². The number of hydrogen-bond acceptors (Lipinski definition) is 7. The number of anilines is 2. The van der Waals surface area contributed by atoms with Crippen molar-refractivity contribution in [3.63, 3.8) is 0 Å². The van der Waals surface area contributed by atoms with Crippen molar-refractivity contribution in [3.8, 4) is 5.75 Å². The molecule has 1 amide bonds. The third-order valence-corrected chi connectivity index (χ3v) is 6.77. The van der Waals surface area contributed by atoms with Crippen molar-refractivity contribution in [2.45, 2.75) is 6.61 Å². The first kappa shape index (κ1) is 24.6. The smallest absolute Gasteiger partial charge is 0.292 e. The van der Waals surface area contributed by atoms with E-state index in [-0.39, 0.29) is 16.5 Å². The van der Waals surface area contributed by atoms with Gasteiger partial charge in [0.05, 0.1) is 18.1 Å². The van der Waals surface area contributed by atoms with Crippen molar-refractivity contribution >= 4 is 23.0 Å². The number of rotatable bonds is 7. The molecular weight excluding hydrogens is 472 g/mol. The molecule has 2 heterocycles. The van der Waals surface area contributed by atoms with Crippen LogP contribution in [0.25, 0.3) is 0 Å². The second-order valence-corrected chi connectivity index (χ2v) is 9.11. The van der Waals surface area contributed by atoms with Gasteiger partial charge in [0.2, 0.25) is 0 Å². The Kier molecular flexibility index (Phi) is 7.51. The van der Waals surface area contributed by atoms with E-state index < -0.39 is 0 Å². The summed E-state index contributed by atoms with van der Waals surface area (Å²) >= 11 is 0. The molecule has 3 aromatic rings. The summed E-state index contributed by atoms with van der Waals surface area (Å²) in [5, 5.41) is 11.6. The lowest BCUT2D eigenvalue weighted by Crippen LogP contribution is -2.48. The van der Waals surface area contributed by atoms with Gasteiger partial charge in [-0.05, 0) is 35.9 Å². The molecule has 0 atom stereocenters. The fraction of sp³-hybridized carbons (Fsp3) is 0.321. The minimum absolute atomic E-state index is 0.0254. The lowest BCUT2D eigenvalue weighted by Gasteiger charge is -2.37. The van der Waals surface area contributed by atoms with Crippen molar-refractivity contribution in [2.24, 2.45) is 0 Å². The Hall–Kier alpha value is -4.11. The van der Waals surface area contributed by atoms with Crippen LogP contribution < -0.4 is 14.5 Å². The van der Waals surface area contributed by atoms with Crippen molar-refractivity contribution in [1.82, 2.24) is 4.90 Å². The van der Waals surface area contributed by atoms with Gasteiger partial charge in [-0.3, -0.25) is 14.9 Å². The minimum atomic E-state index is -0.330. The molecule has 2 saturated heterocycles. The minimum Gasteiger partial charge on any atom is -0.489 e. The quantitative estimate of drug-likeness (QED) is 0.357. The van der Waals surface area contributed by atoms with Crippen molar-refractivity contribution in [3.05, 3.63) is 94.0 Å². The molecule has 0 bridgehead atoms. The van der Waals surface area contributed by atoms with E-state index in [0.717, 1.165) is 11.3 Å². The molecule has 9 nitrogen and oxygen atoms in total. The number of nitrogens with zero attached hydrogens (tertiary/aromatic N) is 4. The third kappa shape index (κ3) is 5.83. The number of carbonyl (C=O) groups is 1. The van der Waals surface area contributed by atoms with Crippen LogP contribution in [0.3, 0.4) is 0 Å². The van der Waals surface area contributed by atoms with E-state index in [1.807, 2.05) is 64.4 Å². The van der Waals surface area contributed by atoms with Crippen molar-refractivity contribution < 1.29 is 19.2 Å². The second-order valence-electron chi connectivity index (χ2n) is 9.11. The molecule has 2 fully saturated rings. The van der Waals surface area contributed by atoms with Gasteiger partial charge in [0, 0.05) is 56.6 Å². The van der Waals surface area contributed by atoms with Gasteiger partial charge in [-0.15, -0.1) is 0 Å². The van der Waals surface area contributed by atoms with Crippen LogP contribution in [0, 0.1) is 10.1 Å². The highest BCUT2D eigenvalue weighted by Gasteiger charge is 2.26. The van der Waals surface area contributed by atoms with Gasteiger partial charge < -0.3 is 24.2 Å². The fourth-order valence-electron chi connectivity index (χ4n) is 4.73. The van der Waals surface area contributed by atoms with E-state index in [9.17, 15) is 14.9 Å². The fourth-order valence-corrected chi connectivity index (χ4v) is 4.73. The first-order valence-electron chi connectivity index (χ1n) is 12.5. The standard InChI is InChI=1S/C28H30N4O5/c33-28(23-7-4-8-25(19-23)37-21-22-5-2-1-3-6-22)31-13-11-29(12-14-31)24-9-10-26(32(34)35)27(20-24)30-15-17-36-18-16-30/h1-10,19-20H,11-18,21H2. The van der Waals surface area contributed by atoms with E-state index in [2.05, 4.69) is 4.90 Å². The Morgan fingerprint density at radius 1 is 0.865 bits per heavy atom. The van der Waals surface area contributed by atoms with Crippen LogP contribution in [0.1, 0.15) is 15.9 Å². The third-order valence-electron chi connectivity index (χ3n) is 6.77. The molecule has 5 rings (SSSR count). The summed E-state index contributed by atoms with van der Waals surface area (Å²) in [6.45, 7) is 5.24. The van der Waals surface area contributed by atoms with Crippen LogP contribution in [-0.4, -0.2) is 68.2 Å². The average molecular weight is 503 g/mol. The molecule has 0 aromatic heterocycles. The molecule has 37 heavy (non-hydrogen) atoms. The summed E-state index contributed by atoms with van der Waals surface area (Å²) in [7, 11) is 0. The average Bonchev–Trinajstić information content (AvgIpc) is 2.96. The van der Waals surface area contributed by atoms with Crippen molar-refractivity contribution in [1.29, 1.82) is 0 Å². The van der Waals surface area contributed by atoms with E-state index in [1.165, 1.54) is 0 Å². The monoisotopic (exact) mass is 502 g/mol. The number of benzene rings is 3. The Morgan fingerprint density at radius 2 is 1.62 bits per heavy atom. The number of nitro benzene ring substituents is 1. The highest BCUT2D eigenvalue weighted by molar-refractivity contribution is 5.94. The molecule has 9 heteroatoms. The molecule has 2 aliphatic rings. The lowest BCUT2D eigenvalue weighted by molar-refractivity contribution is -0.384. The maximum atomic E-state index is 13.2. The van der Waals surface area contributed by atoms with Gasteiger partial charge in [0.15, 0.2) is 0 Å². The zero-order chi connectivity index (χ0) is 25.6. The molecule has 3 aromatic carbocycles. The Labute approximate surface area is 216 Å². The number of carbonyl (C=O) groups excluding carboxylic acids is 1. The van der Waals surface area contributed by atoms with E-state index in [1.54, 1.807) is 18.2 Å². The predicted octanol–water partition coefficient (Wildman–Crippen LogP) is 3.97. The molecule has 0 aliphatic carbocycles. The summed E-state index contributed by atoms with van der Waals surface area (Å²) in [5.74, 6) is 0.636. The summed E-state index contributed by atoms with van der Waals surface area (Å²) in [6.07, 6.45) is 0. The van der Waals surface area contributed by atoms with Crippen LogP contribution in [-0.2, 0) is 11.3 Å². The van der Waals surface area contributed by atoms with Gasteiger partial charge in [0.25, 0.3) is 11.6 Å². The Morgan fingerprint density at radius 3 is 2.35 bits per heavy atom. The molecule has 2 aliphatic heterocycles. The maximum absolute atomic E-state index is 13.2. The number of amides is 1. The Balaban J connectivity index is 1.22. The molecule has 0 N–H and O–H groups in total. The molecule has 0 saturated carbocycles. The highest BCUT2D eigenvalue weighted by atomic mass is 16.6. The first-order chi connectivity index (χ1) is 18.1. The van der Waals surface area contributed by atoms with Crippen LogP contribution in [0.15, 0.2) is 72.8 Å². The summed E-state index contributed by atoms with van der Waals surface area (Å²) in [4.78, 5) is 30.5.